The Morgan fingerprint density at radius 1 is 1.64 bits per heavy atom. The number of hydrogen-bond acceptors (Lipinski definition) is 3. The molecule has 0 bridgehead atoms. The maximum Gasteiger partial charge on any atom is 0.224 e. The zero-order chi connectivity index (χ0) is 10.8. The molecule has 0 radical (unpaired) electrons. The van der Waals surface area contributed by atoms with Crippen molar-refractivity contribution in [2.45, 2.75) is 38.8 Å². The van der Waals surface area contributed by atoms with Gasteiger partial charge in [-0.05, 0) is 20.8 Å². The molecule has 0 aromatic heterocycles. The first-order valence-corrected chi connectivity index (χ1v) is 5.18. The minimum atomic E-state index is -0.398. The maximum atomic E-state index is 11.8. The number of nitrogens with zero attached hydrogens (tertiary/aromatic N) is 1. The van der Waals surface area contributed by atoms with Gasteiger partial charge in [-0.15, -0.1) is 0 Å². The Hall–Kier alpha value is -0.610. The highest BCUT2D eigenvalue weighted by Crippen LogP contribution is 2.08. The third-order valence-corrected chi connectivity index (χ3v) is 2.33. The molecule has 0 unspecified atom stereocenters. The fraction of sp³-hybridized carbons (Fsp3) is 0.900. The van der Waals surface area contributed by atoms with E-state index in [4.69, 9.17) is 5.73 Å². The summed E-state index contributed by atoms with van der Waals surface area (Å²) in [4.78, 5) is 13.7. The van der Waals surface area contributed by atoms with Crippen molar-refractivity contribution in [1.82, 2.24) is 10.2 Å². The molecule has 1 fully saturated rings. The molecule has 1 rings (SSSR count). The Labute approximate surface area is 85.8 Å². The number of carbonyl (C=O) groups excluding carboxylic acids is 1. The van der Waals surface area contributed by atoms with Crippen LogP contribution in [0.1, 0.15) is 27.2 Å². The number of nitrogens with two attached hydrogens (primary N) is 1. The van der Waals surface area contributed by atoms with Crippen molar-refractivity contribution in [3.63, 3.8) is 0 Å². The summed E-state index contributed by atoms with van der Waals surface area (Å²) < 4.78 is 0. The standard InChI is InChI=1S/C10H21N3O/c1-8-7-13(5-4-12-8)9(14)6-10(2,3)11/h8,12H,4-7,11H2,1-3H3/t8-/m1/s1. The average molecular weight is 199 g/mol. The minimum absolute atomic E-state index is 0.172. The van der Waals surface area contributed by atoms with E-state index in [1.54, 1.807) is 0 Å². The van der Waals surface area contributed by atoms with Gasteiger partial charge in [0.1, 0.15) is 0 Å². The van der Waals surface area contributed by atoms with Crippen LogP contribution in [-0.4, -0.2) is 42.0 Å². The predicted octanol–water partition coefficient (Wildman–Crippen LogP) is -0.0659. The Morgan fingerprint density at radius 2 is 2.29 bits per heavy atom. The number of hydrogen-bond donors (Lipinski definition) is 2. The van der Waals surface area contributed by atoms with Crippen molar-refractivity contribution in [2.24, 2.45) is 5.73 Å². The molecule has 1 amide bonds. The molecule has 0 saturated carbocycles. The summed E-state index contributed by atoms with van der Waals surface area (Å²) in [6, 6.07) is 0.397. The highest BCUT2D eigenvalue weighted by Gasteiger charge is 2.24. The topological polar surface area (TPSA) is 58.4 Å². The van der Waals surface area contributed by atoms with E-state index in [-0.39, 0.29) is 5.91 Å². The fourth-order valence-corrected chi connectivity index (χ4v) is 1.66. The number of nitrogens with one attached hydrogen (secondary N) is 1. The second kappa shape index (κ2) is 4.28. The second-order valence-electron chi connectivity index (χ2n) is 4.86. The number of amides is 1. The van der Waals surface area contributed by atoms with Crippen LogP contribution in [0.3, 0.4) is 0 Å². The van der Waals surface area contributed by atoms with Crippen molar-refractivity contribution >= 4 is 5.91 Å². The van der Waals surface area contributed by atoms with Gasteiger partial charge in [0, 0.05) is 37.6 Å². The zero-order valence-electron chi connectivity index (χ0n) is 9.34. The van der Waals surface area contributed by atoms with E-state index >= 15 is 0 Å². The van der Waals surface area contributed by atoms with Crippen LogP contribution < -0.4 is 11.1 Å². The summed E-state index contributed by atoms with van der Waals surface area (Å²) in [5.74, 6) is 0.172. The Balaban J connectivity index is 2.44. The van der Waals surface area contributed by atoms with Gasteiger partial charge in [-0.25, -0.2) is 0 Å². The third-order valence-electron chi connectivity index (χ3n) is 2.33. The molecule has 4 nitrogen and oxygen atoms in total. The molecule has 0 aliphatic carbocycles. The van der Waals surface area contributed by atoms with Crippen molar-refractivity contribution in [3.8, 4) is 0 Å². The molecule has 1 aliphatic rings. The number of rotatable bonds is 2. The first-order valence-electron chi connectivity index (χ1n) is 5.18. The van der Waals surface area contributed by atoms with E-state index in [2.05, 4.69) is 12.2 Å². The van der Waals surface area contributed by atoms with Gasteiger partial charge in [0.2, 0.25) is 5.91 Å². The monoisotopic (exact) mass is 199 g/mol. The summed E-state index contributed by atoms with van der Waals surface area (Å²) in [5, 5.41) is 3.30. The molecule has 3 N–H and O–H groups in total. The molecule has 0 aromatic carbocycles. The van der Waals surface area contributed by atoms with Gasteiger partial charge in [-0.1, -0.05) is 0 Å². The van der Waals surface area contributed by atoms with E-state index in [9.17, 15) is 4.79 Å². The summed E-state index contributed by atoms with van der Waals surface area (Å²) in [7, 11) is 0. The zero-order valence-corrected chi connectivity index (χ0v) is 9.34. The lowest BCUT2D eigenvalue weighted by Crippen LogP contribution is -2.53. The first-order chi connectivity index (χ1) is 6.38. The smallest absolute Gasteiger partial charge is 0.224 e. The van der Waals surface area contributed by atoms with Gasteiger partial charge in [-0.2, -0.15) is 0 Å². The fourth-order valence-electron chi connectivity index (χ4n) is 1.66. The SMILES string of the molecule is C[C@@H]1CN(C(=O)CC(C)(C)N)CCN1. The van der Waals surface area contributed by atoms with E-state index < -0.39 is 5.54 Å². The van der Waals surface area contributed by atoms with Gasteiger partial charge < -0.3 is 16.0 Å². The Kier molecular flexibility index (Phi) is 3.50. The van der Waals surface area contributed by atoms with Crippen molar-refractivity contribution < 1.29 is 4.79 Å². The predicted molar refractivity (Wildman–Crippen MR) is 56.9 cm³/mol. The van der Waals surface area contributed by atoms with Crippen molar-refractivity contribution in [3.05, 3.63) is 0 Å². The quantitative estimate of drug-likeness (QED) is 0.655. The third kappa shape index (κ3) is 3.64. The Bertz CT molecular complexity index is 210. The van der Waals surface area contributed by atoms with Gasteiger partial charge >= 0.3 is 0 Å². The lowest BCUT2D eigenvalue weighted by Gasteiger charge is -2.33. The molecule has 82 valence electrons. The maximum absolute atomic E-state index is 11.8. The van der Waals surface area contributed by atoms with Crippen LogP contribution in [0, 0.1) is 0 Å². The van der Waals surface area contributed by atoms with Gasteiger partial charge in [0.15, 0.2) is 0 Å². The molecular formula is C10H21N3O. The first kappa shape index (κ1) is 11.5. The molecule has 14 heavy (non-hydrogen) atoms. The largest absolute Gasteiger partial charge is 0.340 e. The van der Waals surface area contributed by atoms with Crippen LogP contribution in [-0.2, 0) is 4.79 Å². The van der Waals surface area contributed by atoms with Crippen LogP contribution in [0.5, 0.6) is 0 Å². The lowest BCUT2D eigenvalue weighted by molar-refractivity contribution is -0.133. The van der Waals surface area contributed by atoms with Crippen LogP contribution in [0.25, 0.3) is 0 Å². The van der Waals surface area contributed by atoms with E-state index in [1.807, 2.05) is 18.7 Å². The summed E-state index contributed by atoms with van der Waals surface area (Å²) >= 11 is 0. The van der Waals surface area contributed by atoms with Crippen molar-refractivity contribution in [1.29, 1.82) is 0 Å². The van der Waals surface area contributed by atoms with Crippen molar-refractivity contribution in [2.75, 3.05) is 19.6 Å². The summed E-state index contributed by atoms with van der Waals surface area (Å²) in [5.41, 5.74) is 5.42. The highest BCUT2D eigenvalue weighted by molar-refractivity contribution is 5.77. The summed E-state index contributed by atoms with van der Waals surface area (Å²) in [6.07, 6.45) is 0.430. The number of carbonyl (C=O) groups is 1. The van der Waals surface area contributed by atoms with Gasteiger partial charge in [0.25, 0.3) is 0 Å². The average Bonchev–Trinajstić information content (AvgIpc) is 2.01. The molecule has 1 atom stereocenters. The second-order valence-corrected chi connectivity index (χ2v) is 4.86. The summed E-state index contributed by atoms with van der Waals surface area (Å²) in [6.45, 7) is 8.35. The van der Waals surface area contributed by atoms with Crippen LogP contribution in [0.4, 0.5) is 0 Å². The molecule has 0 spiro atoms. The van der Waals surface area contributed by atoms with Crippen LogP contribution >= 0.6 is 0 Å². The normalized spacial score (nSPS) is 23.7. The van der Waals surface area contributed by atoms with Gasteiger partial charge in [0.05, 0.1) is 0 Å². The van der Waals surface area contributed by atoms with Gasteiger partial charge in [-0.3, -0.25) is 4.79 Å². The molecule has 4 heteroatoms. The van der Waals surface area contributed by atoms with E-state index in [0.29, 0.717) is 12.5 Å². The lowest BCUT2D eigenvalue weighted by atomic mass is 10.0. The van der Waals surface area contributed by atoms with Crippen LogP contribution in [0.15, 0.2) is 0 Å². The molecular weight excluding hydrogens is 178 g/mol. The molecule has 1 aliphatic heterocycles. The molecule has 0 aromatic rings. The molecule has 1 heterocycles. The van der Waals surface area contributed by atoms with Crippen LogP contribution in [0.2, 0.25) is 0 Å². The Morgan fingerprint density at radius 3 is 2.79 bits per heavy atom. The number of piperazine rings is 1. The van der Waals surface area contributed by atoms with E-state index in [1.165, 1.54) is 0 Å². The highest BCUT2D eigenvalue weighted by atomic mass is 16.2. The minimum Gasteiger partial charge on any atom is -0.340 e. The molecule has 1 saturated heterocycles. The van der Waals surface area contributed by atoms with E-state index in [0.717, 1.165) is 19.6 Å².